The number of imide groups is 1. The van der Waals surface area contributed by atoms with Crippen molar-refractivity contribution in [2.24, 2.45) is 17.8 Å². The maximum Gasteiger partial charge on any atom is 0.242 e. The van der Waals surface area contributed by atoms with E-state index in [1.165, 1.54) is 4.90 Å². The molecule has 4 amide bonds. The van der Waals surface area contributed by atoms with Crippen LogP contribution >= 0.6 is 0 Å². The molecule has 2 unspecified atom stereocenters. The fraction of sp³-hybridized carbons (Fsp3) is 0.565. The van der Waals surface area contributed by atoms with Gasteiger partial charge < -0.3 is 15.0 Å². The predicted molar refractivity (Wildman–Crippen MR) is 113 cm³/mol. The molecule has 0 radical (unpaired) electrons. The number of rotatable bonds is 5. The van der Waals surface area contributed by atoms with E-state index in [4.69, 9.17) is 4.74 Å². The lowest BCUT2D eigenvalue weighted by molar-refractivity contribution is -0.147. The van der Waals surface area contributed by atoms with Gasteiger partial charge in [-0.05, 0) is 37.8 Å². The van der Waals surface area contributed by atoms with Gasteiger partial charge in [0, 0.05) is 19.0 Å². The van der Waals surface area contributed by atoms with Gasteiger partial charge in [0.25, 0.3) is 0 Å². The van der Waals surface area contributed by atoms with Crippen LogP contribution in [0.3, 0.4) is 0 Å². The Morgan fingerprint density at radius 3 is 2.23 bits per heavy atom. The molecular formula is C23H29N3O5. The highest BCUT2D eigenvalue weighted by Gasteiger charge is 2.48. The lowest BCUT2D eigenvalue weighted by Crippen LogP contribution is -2.47. The van der Waals surface area contributed by atoms with E-state index in [2.05, 4.69) is 5.32 Å². The third-order valence-corrected chi connectivity index (χ3v) is 6.81. The van der Waals surface area contributed by atoms with Gasteiger partial charge in [-0.3, -0.25) is 24.1 Å². The molecule has 166 valence electrons. The molecule has 0 spiro atoms. The van der Waals surface area contributed by atoms with Crippen LogP contribution in [0, 0.1) is 17.8 Å². The molecule has 0 aromatic heterocycles. The minimum atomic E-state index is -0.238. The molecule has 2 saturated heterocycles. The molecule has 8 heteroatoms. The first-order chi connectivity index (χ1) is 15.0. The molecular weight excluding hydrogens is 398 g/mol. The van der Waals surface area contributed by atoms with Crippen molar-refractivity contribution in [2.75, 3.05) is 32.1 Å². The van der Waals surface area contributed by atoms with Crippen molar-refractivity contribution in [3.63, 3.8) is 0 Å². The number of ether oxygens (including phenoxy) is 1. The Bertz CT molecular complexity index is 854. The molecule has 1 aliphatic carbocycles. The monoisotopic (exact) mass is 427 g/mol. The molecule has 1 saturated carbocycles. The van der Waals surface area contributed by atoms with Crippen molar-refractivity contribution in [3.8, 4) is 5.75 Å². The second-order valence-corrected chi connectivity index (χ2v) is 8.60. The molecule has 1 N–H and O–H groups in total. The lowest BCUT2D eigenvalue weighted by atomic mass is 9.81. The van der Waals surface area contributed by atoms with Crippen LogP contribution in [0.4, 0.5) is 5.69 Å². The van der Waals surface area contributed by atoms with E-state index in [9.17, 15) is 19.2 Å². The minimum absolute atomic E-state index is 0.0921. The molecule has 1 aromatic rings. The van der Waals surface area contributed by atoms with Crippen molar-refractivity contribution in [2.45, 2.75) is 38.5 Å². The molecule has 0 bridgehead atoms. The maximum atomic E-state index is 12.8. The molecule has 1 aromatic carbocycles. The first kappa shape index (κ1) is 21.3. The van der Waals surface area contributed by atoms with Crippen molar-refractivity contribution < 1.29 is 23.9 Å². The average molecular weight is 428 g/mol. The van der Waals surface area contributed by atoms with Gasteiger partial charge in [0.15, 0.2) is 0 Å². The molecule has 31 heavy (non-hydrogen) atoms. The second kappa shape index (κ2) is 9.08. The second-order valence-electron chi connectivity index (χ2n) is 8.60. The smallest absolute Gasteiger partial charge is 0.242 e. The molecule has 4 rings (SSSR count). The molecule has 3 aliphatic rings. The SMILES string of the molecule is COc1ccccc1NC(=O)C1CCN(C(=O)CN2C(=O)C3CCCCC3C2=O)CC1. The van der Waals surface area contributed by atoms with Crippen LogP contribution < -0.4 is 10.1 Å². The van der Waals surface area contributed by atoms with Crippen molar-refractivity contribution in [1.29, 1.82) is 0 Å². The average Bonchev–Trinajstić information content (AvgIpc) is 3.04. The summed E-state index contributed by atoms with van der Waals surface area (Å²) in [4.78, 5) is 53.5. The summed E-state index contributed by atoms with van der Waals surface area (Å²) in [5.41, 5.74) is 0.626. The summed E-state index contributed by atoms with van der Waals surface area (Å²) in [7, 11) is 1.56. The number of amides is 4. The fourth-order valence-corrected chi connectivity index (χ4v) is 5.00. The highest BCUT2D eigenvalue weighted by molar-refractivity contribution is 6.07. The first-order valence-corrected chi connectivity index (χ1v) is 11.1. The number of hydrogen-bond acceptors (Lipinski definition) is 5. The van der Waals surface area contributed by atoms with Crippen LogP contribution in [-0.4, -0.2) is 60.2 Å². The number of hydrogen-bond donors (Lipinski definition) is 1. The third-order valence-electron chi connectivity index (χ3n) is 6.81. The number of nitrogens with zero attached hydrogens (tertiary/aromatic N) is 2. The van der Waals surface area contributed by atoms with Crippen LogP contribution in [-0.2, 0) is 19.2 Å². The lowest BCUT2D eigenvalue weighted by Gasteiger charge is -2.32. The van der Waals surface area contributed by atoms with Crippen LogP contribution in [0.1, 0.15) is 38.5 Å². The van der Waals surface area contributed by atoms with Gasteiger partial charge in [-0.25, -0.2) is 0 Å². The Morgan fingerprint density at radius 2 is 1.61 bits per heavy atom. The number of anilines is 1. The molecule has 2 atom stereocenters. The van der Waals surface area contributed by atoms with E-state index in [-0.39, 0.29) is 47.9 Å². The van der Waals surface area contributed by atoms with Crippen molar-refractivity contribution >= 4 is 29.3 Å². The number of piperidine rings is 1. The number of benzene rings is 1. The Labute approximate surface area is 181 Å². The van der Waals surface area contributed by atoms with Gasteiger partial charge >= 0.3 is 0 Å². The topological polar surface area (TPSA) is 96.0 Å². The van der Waals surface area contributed by atoms with Crippen LogP contribution in [0.2, 0.25) is 0 Å². The quantitative estimate of drug-likeness (QED) is 0.726. The standard InChI is InChI=1S/C23H29N3O5/c1-31-19-9-5-4-8-18(19)24-21(28)15-10-12-25(13-11-15)20(27)14-26-22(29)16-6-2-3-7-17(16)23(26)30/h4-5,8-9,15-17H,2-3,6-7,10-14H2,1H3,(H,24,28). The zero-order valence-electron chi connectivity index (χ0n) is 17.8. The van der Waals surface area contributed by atoms with E-state index in [1.807, 2.05) is 12.1 Å². The largest absolute Gasteiger partial charge is 0.495 e. The normalized spacial score (nSPS) is 24.2. The van der Waals surface area contributed by atoms with Crippen LogP contribution in [0.5, 0.6) is 5.75 Å². The predicted octanol–water partition coefficient (Wildman–Crippen LogP) is 2.05. The van der Waals surface area contributed by atoms with Crippen molar-refractivity contribution in [3.05, 3.63) is 24.3 Å². The summed E-state index contributed by atoms with van der Waals surface area (Å²) in [6, 6.07) is 7.24. The summed E-state index contributed by atoms with van der Waals surface area (Å²) in [5, 5.41) is 2.91. The van der Waals surface area contributed by atoms with Gasteiger partial charge in [0.05, 0.1) is 24.6 Å². The Kier molecular flexibility index (Phi) is 6.25. The van der Waals surface area contributed by atoms with Gasteiger partial charge in [-0.15, -0.1) is 0 Å². The minimum Gasteiger partial charge on any atom is -0.495 e. The number of para-hydroxylation sites is 2. The van der Waals surface area contributed by atoms with Crippen LogP contribution in [0.15, 0.2) is 24.3 Å². The van der Waals surface area contributed by atoms with E-state index in [1.54, 1.807) is 24.1 Å². The zero-order chi connectivity index (χ0) is 22.0. The maximum absolute atomic E-state index is 12.8. The zero-order valence-corrected chi connectivity index (χ0v) is 17.8. The molecule has 2 aliphatic heterocycles. The summed E-state index contributed by atoms with van der Waals surface area (Å²) in [5.74, 6) is -0.759. The van der Waals surface area contributed by atoms with Gasteiger partial charge in [-0.1, -0.05) is 25.0 Å². The van der Waals surface area contributed by atoms with Gasteiger partial charge in [0.2, 0.25) is 23.6 Å². The molecule has 2 heterocycles. The summed E-state index contributed by atoms with van der Waals surface area (Å²) in [6.45, 7) is 0.695. The van der Waals surface area contributed by atoms with E-state index < -0.39 is 0 Å². The first-order valence-electron chi connectivity index (χ1n) is 11.1. The number of carbonyl (C=O) groups excluding carboxylic acids is 4. The fourth-order valence-electron chi connectivity index (χ4n) is 5.00. The summed E-state index contributed by atoms with van der Waals surface area (Å²) < 4.78 is 5.27. The number of methoxy groups -OCH3 is 1. The van der Waals surface area contributed by atoms with Gasteiger partial charge in [-0.2, -0.15) is 0 Å². The van der Waals surface area contributed by atoms with Gasteiger partial charge in [0.1, 0.15) is 12.3 Å². The Morgan fingerprint density at radius 1 is 1.00 bits per heavy atom. The van der Waals surface area contributed by atoms with E-state index in [0.29, 0.717) is 37.4 Å². The van der Waals surface area contributed by atoms with Crippen LogP contribution in [0.25, 0.3) is 0 Å². The van der Waals surface area contributed by atoms with E-state index in [0.717, 1.165) is 25.7 Å². The summed E-state index contributed by atoms with van der Waals surface area (Å²) >= 11 is 0. The number of fused-ring (bicyclic) bond motifs is 1. The number of likely N-dealkylation sites (tertiary alicyclic amines) is 2. The Balaban J connectivity index is 1.29. The molecule has 8 nitrogen and oxygen atoms in total. The third kappa shape index (κ3) is 4.29. The highest BCUT2D eigenvalue weighted by Crippen LogP contribution is 2.38. The highest BCUT2D eigenvalue weighted by atomic mass is 16.5. The van der Waals surface area contributed by atoms with E-state index >= 15 is 0 Å². The number of carbonyl (C=O) groups is 4. The molecule has 3 fully saturated rings. The Hall–Kier alpha value is -2.90. The number of nitrogens with one attached hydrogen (secondary N) is 1. The van der Waals surface area contributed by atoms with Crippen molar-refractivity contribution in [1.82, 2.24) is 9.80 Å². The summed E-state index contributed by atoms with van der Waals surface area (Å²) in [6.07, 6.45) is 4.50.